The Hall–Kier alpha value is -1.98. The van der Waals surface area contributed by atoms with Gasteiger partial charge in [0.1, 0.15) is 6.04 Å². The van der Waals surface area contributed by atoms with Gasteiger partial charge in [0.25, 0.3) is 0 Å². The molecule has 5 heteroatoms. The van der Waals surface area contributed by atoms with Gasteiger partial charge in [0.15, 0.2) is 0 Å². The highest BCUT2D eigenvalue weighted by atomic mass is 16.5. The quantitative estimate of drug-likeness (QED) is 0.870. The molecule has 1 aliphatic heterocycles. The molecule has 5 nitrogen and oxygen atoms in total. The second kappa shape index (κ2) is 6.73. The first-order valence-corrected chi connectivity index (χ1v) is 9.01. The van der Waals surface area contributed by atoms with Crippen molar-refractivity contribution in [1.82, 2.24) is 9.88 Å². The van der Waals surface area contributed by atoms with Gasteiger partial charge in [-0.3, -0.25) is 14.7 Å². The Kier molecular flexibility index (Phi) is 4.44. The highest BCUT2D eigenvalue weighted by Gasteiger charge is 2.47. The number of pyridine rings is 1. The molecule has 132 valence electrons. The van der Waals surface area contributed by atoms with Crippen molar-refractivity contribution in [3.8, 4) is 0 Å². The summed E-state index contributed by atoms with van der Waals surface area (Å²) in [4.78, 5) is 19.2. The molecule has 0 amide bonds. The molecule has 0 bridgehead atoms. The minimum absolute atomic E-state index is 0.177. The second-order valence-electron chi connectivity index (χ2n) is 7.22. The fraction of sp³-hybridized carbons (Fsp3) is 0.500. The summed E-state index contributed by atoms with van der Waals surface area (Å²) in [5, 5.41) is 12.4. The Morgan fingerprint density at radius 1 is 1.28 bits per heavy atom. The number of aliphatic hydroxyl groups is 1. The number of fused-ring (bicyclic) bond motifs is 2. The molecule has 4 atom stereocenters. The Labute approximate surface area is 147 Å². The molecule has 1 saturated carbocycles. The Bertz CT molecular complexity index is 773. The van der Waals surface area contributed by atoms with Gasteiger partial charge in [-0.2, -0.15) is 0 Å². The van der Waals surface area contributed by atoms with Crippen molar-refractivity contribution in [2.75, 3.05) is 7.11 Å². The number of nitrogens with zero attached hydrogens (tertiary/aromatic N) is 2. The average molecular weight is 340 g/mol. The van der Waals surface area contributed by atoms with Crippen molar-refractivity contribution in [2.45, 2.75) is 50.4 Å². The van der Waals surface area contributed by atoms with E-state index in [0.29, 0.717) is 12.5 Å². The lowest BCUT2D eigenvalue weighted by atomic mass is 9.83. The third-order valence-corrected chi connectivity index (χ3v) is 5.84. The van der Waals surface area contributed by atoms with Gasteiger partial charge in [-0.1, -0.05) is 24.3 Å². The summed E-state index contributed by atoms with van der Waals surface area (Å²) in [6.07, 6.45) is 4.89. The fourth-order valence-corrected chi connectivity index (χ4v) is 4.60. The molecule has 2 heterocycles. The number of esters is 1. The molecular weight excluding hydrogens is 316 g/mol. The SMILES string of the molecule is COC(=O)[C@@H]1C[C@H]2CC[C@@H](O)C[C@H]2N1Cc1nccc2ccccc12. The molecule has 1 aromatic carbocycles. The van der Waals surface area contributed by atoms with E-state index in [2.05, 4.69) is 22.0 Å². The minimum Gasteiger partial charge on any atom is -0.468 e. The van der Waals surface area contributed by atoms with Crippen LogP contribution in [0.4, 0.5) is 0 Å². The van der Waals surface area contributed by atoms with Gasteiger partial charge in [0.05, 0.1) is 18.9 Å². The zero-order valence-corrected chi connectivity index (χ0v) is 14.5. The topological polar surface area (TPSA) is 62.7 Å². The van der Waals surface area contributed by atoms with Gasteiger partial charge < -0.3 is 9.84 Å². The van der Waals surface area contributed by atoms with E-state index in [1.165, 1.54) is 7.11 Å². The molecule has 0 radical (unpaired) electrons. The van der Waals surface area contributed by atoms with Crippen molar-refractivity contribution >= 4 is 16.7 Å². The molecule has 25 heavy (non-hydrogen) atoms. The van der Waals surface area contributed by atoms with Crippen LogP contribution in [-0.2, 0) is 16.1 Å². The molecule has 1 N–H and O–H groups in total. The highest BCUT2D eigenvalue weighted by Crippen LogP contribution is 2.41. The molecule has 4 rings (SSSR count). The van der Waals surface area contributed by atoms with Crippen LogP contribution in [0.25, 0.3) is 10.8 Å². The minimum atomic E-state index is -0.277. The van der Waals surface area contributed by atoms with E-state index in [1.807, 2.05) is 24.4 Å². The maximum absolute atomic E-state index is 12.4. The predicted octanol–water partition coefficient (Wildman–Crippen LogP) is 2.51. The molecule has 0 unspecified atom stereocenters. The highest BCUT2D eigenvalue weighted by molar-refractivity contribution is 5.84. The Morgan fingerprint density at radius 2 is 2.12 bits per heavy atom. The number of rotatable bonds is 3. The normalized spacial score (nSPS) is 29.5. The number of likely N-dealkylation sites (tertiary alicyclic amines) is 1. The Morgan fingerprint density at radius 3 is 2.96 bits per heavy atom. The van der Waals surface area contributed by atoms with Crippen LogP contribution in [0.2, 0.25) is 0 Å². The molecule has 2 aromatic rings. The smallest absolute Gasteiger partial charge is 0.323 e. The number of hydrogen-bond acceptors (Lipinski definition) is 5. The van der Waals surface area contributed by atoms with Crippen LogP contribution in [0, 0.1) is 5.92 Å². The molecule has 1 aliphatic carbocycles. The summed E-state index contributed by atoms with van der Waals surface area (Å²) in [6.45, 7) is 0.606. The zero-order valence-electron chi connectivity index (χ0n) is 14.5. The lowest BCUT2D eigenvalue weighted by molar-refractivity contribution is -0.146. The lowest BCUT2D eigenvalue weighted by Crippen LogP contribution is -2.44. The number of aliphatic hydroxyl groups excluding tert-OH is 1. The third-order valence-electron chi connectivity index (χ3n) is 5.84. The van der Waals surface area contributed by atoms with E-state index < -0.39 is 0 Å². The second-order valence-corrected chi connectivity index (χ2v) is 7.22. The van der Waals surface area contributed by atoms with Crippen LogP contribution in [-0.4, -0.2) is 46.3 Å². The molecule has 1 saturated heterocycles. The van der Waals surface area contributed by atoms with E-state index in [1.54, 1.807) is 0 Å². The Balaban J connectivity index is 1.68. The van der Waals surface area contributed by atoms with E-state index in [4.69, 9.17) is 4.74 Å². The number of ether oxygens (including phenoxy) is 1. The van der Waals surface area contributed by atoms with E-state index in [-0.39, 0.29) is 24.2 Å². The zero-order chi connectivity index (χ0) is 17.4. The molecule has 1 aromatic heterocycles. The van der Waals surface area contributed by atoms with Crippen LogP contribution in [0.5, 0.6) is 0 Å². The largest absolute Gasteiger partial charge is 0.468 e. The van der Waals surface area contributed by atoms with Crippen LogP contribution in [0.15, 0.2) is 36.5 Å². The number of carbonyl (C=O) groups excluding carboxylic acids is 1. The molecule has 2 fully saturated rings. The van der Waals surface area contributed by atoms with Gasteiger partial charge in [0, 0.05) is 24.2 Å². The summed E-state index contributed by atoms with van der Waals surface area (Å²) in [5.74, 6) is 0.270. The van der Waals surface area contributed by atoms with Crippen molar-refractivity contribution in [3.05, 3.63) is 42.2 Å². The molecule has 0 spiro atoms. The van der Waals surface area contributed by atoms with Crippen molar-refractivity contribution in [3.63, 3.8) is 0 Å². The van der Waals surface area contributed by atoms with E-state index in [9.17, 15) is 9.90 Å². The fourth-order valence-electron chi connectivity index (χ4n) is 4.60. The number of carbonyl (C=O) groups is 1. The number of benzene rings is 1. The number of methoxy groups -OCH3 is 1. The first-order valence-electron chi connectivity index (χ1n) is 9.01. The summed E-state index contributed by atoms with van der Waals surface area (Å²) in [5.41, 5.74) is 0.979. The maximum atomic E-state index is 12.4. The molecule has 2 aliphatic rings. The first kappa shape index (κ1) is 16.5. The van der Waals surface area contributed by atoms with Crippen LogP contribution in [0.1, 0.15) is 31.4 Å². The number of hydrogen-bond donors (Lipinski definition) is 1. The summed E-state index contributed by atoms with van der Waals surface area (Å²) in [6, 6.07) is 10.2. The van der Waals surface area contributed by atoms with Gasteiger partial charge in [0.2, 0.25) is 0 Å². The van der Waals surface area contributed by atoms with Crippen molar-refractivity contribution < 1.29 is 14.6 Å². The first-order chi connectivity index (χ1) is 12.2. The standard InChI is InChI=1S/C20H24N2O3/c1-25-20(24)19-10-14-6-7-15(23)11-18(14)22(19)12-17-16-5-3-2-4-13(16)8-9-21-17/h2-5,8-9,14-15,18-19,23H,6-7,10-12H2,1H3/t14-,15-,18-,19+/m1/s1. The van der Waals surface area contributed by atoms with Gasteiger partial charge in [-0.15, -0.1) is 0 Å². The van der Waals surface area contributed by atoms with Crippen LogP contribution >= 0.6 is 0 Å². The van der Waals surface area contributed by atoms with Gasteiger partial charge in [-0.25, -0.2) is 0 Å². The van der Waals surface area contributed by atoms with Crippen molar-refractivity contribution in [2.24, 2.45) is 5.92 Å². The maximum Gasteiger partial charge on any atom is 0.323 e. The van der Waals surface area contributed by atoms with Gasteiger partial charge in [-0.05, 0) is 43.1 Å². The van der Waals surface area contributed by atoms with E-state index in [0.717, 1.165) is 42.1 Å². The average Bonchev–Trinajstić information content (AvgIpc) is 2.99. The third kappa shape index (κ3) is 3.02. The van der Waals surface area contributed by atoms with Gasteiger partial charge >= 0.3 is 5.97 Å². The molecular formula is C20H24N2O3. The van der Waals surface area contributed by atoms with Crippen LogP contribution < -0.4 is 0 Å². The summed E-state index contributed by atoms with van der Waals surface area (Å²) < 4.78 is 5.06. The summed E-state index contributed by atoms with van der Waals surface area (Å²) >= 11 is 0. The predicted molar refractivity (Wildman–Crippen MR) is 94.8 cm³/mol. The number of aromatic nitrogens is 1. The van der Waals surface area contributed by atoms with Crippen LogP contribution in [0.3, 0.4) is 0 Å². The monoisotopic (exact) mass is 340 g/mol. The summed E-state index contributed by atoms with van der Waals surface area (Å²) in [7, 11) is 1.45. The van der Waals surface area contributed by atoms with E-state index >= 15 is 0 Å². The lowest BCUT2D eigenvalue weighted by Gasteiger charge is -2.35. The van der Waals surface area contributed by atoms with Crippen molar-refractivity contribution in [1.29, 1.82) is 0 Å².